The first kappa shape index (κ1) is 31.5. The fraction of sp³-hybridized carbons (Fsp3) is 0.105. The molecule has 4 aromatic carbocycles. The lowest BCUT2D eigenvalue weighted by atomic mass is 9.87. The average molecular weight is 678 g/mol. The number of carbonyl (C=O) groups excluding carboxylic acids is 2. The van der Waals surface area contributed by atoms with Crippen molar-refractivity contribution in [2.24, 2.45) is 0 Å². The smallest absolute Gasteiger partial charge is 0.268 e. The predicted octanol–water partition coefficient (Wildman–Crippen LogP) is 7.18. The van der Waals surface area contributed by atoms with Gasteiger partial charge in [-0.05, 0) is 48.5 Å². The zero-order valence-electron chi connectivity index (χ0n) is 25.6. The number of fused-ring (bicyclic) bond motifs is 4. The van der Waals surface area contributed by atoms with Gasteiger partial charge in [-0.25, -0.2) is 0 Å². The summed E-state index contributed by atoms with van der Waals surface area (Å²) in [6.45, 7) is 8.04. The van der Waals surface area contributed by atoms with Crippen LogP contribution in [0.15, 0.2) is 123 Å². The summed E-state index contributed by atoms with van der Waals surface area (Å²) in [6.07, 6.45) is 6.64. The van der Waals surface area contributed by atoms with Crippen molar-refractivity contribution in [2.45, 2.75) is 11.2 Å². The Balaban J connectivity index is 0.000000152. The first-order valence-corrected chi connectivity index (χ1v) is 15.9. The third-order valence-electron chi connectivity index (χ3n) is 8.97. The van der Waals surface area contributed by atoms with Crippen molar-refractivity contribution < 1.29 is 19.8 Å². The molecule has 8 rings (SSSR count). The van der Waals surface area contributed by atoms with Crippen LogP contribution < -0.4 is 9.80 Å². The first-order valence-electron chi connectivity index (χ1n) is 15.2. The number of H-pyrrole nitrogens is 2. The quantitative estimate of drug-likeness (QED) is 0.140. The van der Waals surface area contributed by atoms with Gasteiger partial charge in [0.2, 0.25) is 0 Å². The maximum atomic E-state index is 13.1. The molecule has 0 spiro atoms. The van der Waals surface area contributed by atoms with E-state index >= 15 is 0 Å². The van der Waals surface area contributed by atoms with Crippen LogP contribution in [0.25, 0.3) is 21.8 Å². The number of amides is 2. The molecule has 240 valence electrons. The van der Waals surface area contributed by atoms with Crippen LogP contribution in [0.1, 0.15) is 22.3 Å². The summed E-state index contributed by atoms with van der Waals surface area (Å²) in [4.78, 5) is 35.5. The van der Waals surface area contributed by atoms with Gasteiger partial charge in [-0.3, -0.25) is 9.59 Å². The van der Waals surface area contributed by atoms with Gasteiger partial charge in [0.1, 0.15) is 0 Å². The number of aromatic nitrogens is 2. The number of anilines is 2. The Morgan fingerprint density at radius 2 is 1.02 bits per heavy atom. The minimum absolute atomic E-state index is 0.318. The van der Waals surface area contributed by atoms with Crippen molar-refractivity contribution in [3.05, 3.63) is 155 Å². The molecule has 0 bridgehead atoms. The van der Waals surface area contributed by atoms with Gasteiger partial charge in [-0.2, -0.15) is 0 Å². The lowest BCUT2D eigenvalue weighted by Gasteiger charge is -2.22. The monoisotopic (exact) mass is 676 g/mol. The molecule has 0 unspecified atom stereocenters. The highest BCUT2D eigenvalue weighted by atomic mass is 35.5. The van der Waals surface area contributed by atoms with E-state index in [1.54, 1.807) is 60.9 Å². The van der Waals surface area contributed by atoms with Crippen molar-refractivity contribution in [1.82, 2.24) is 9.97 Å². The van der Waals surface area contributed by atoms with Gasteiger partial charge < -0.3 is 30.0 Å². The Morgan fingerprint density at radius 3 is 1.42 bits per heavy atom. The molecule has 0 radical (unpaired) electrons. The number of benzene rings is 4. The molecule has 48 heavy (non-hydrogen) atoms. The number of aromatic amines is 2. The molecule has 8 nitrogen and oxygen atoms in total. The number of carbonyl (C=O) groups is 2. The lowest BCUT2D eigenvalue weighted by Crippen LogP contribution is -2.41. The molecule has 4 heterocycles. The fourth-order valence-electron chi connectivity index (χ4n) is 6.79. The second kappa shape index (κ2) is 11.8. The van der Waals surface area contributed by atoms with Gasteiger partial charge >= 0.3 is 0 Å². The molecule has 4 N–H and O–H groups in total. The van der Waals surface area contributed by atoms with Gasteiger partial charge in [0.05, 0.1) is 11.4 Å². The standard InChI is InChI=1S/2C19H15ClN2O2/c2*1-2-9-22-17-8-7-12(20)10-14(17)19(24,18(22)23)15-11-21-16-6-4-3-5-13(15)16/h2*2-8,10-11,21,24H,1,9H2/t2*19-/m10/s1. The second-order valence-corrected chi connectivity index (χ2v) is 12.5. The van der Waals surface area contributed by atoms with Gasteiger partial charge in [-0.15, -0.1) is 13.2 Å². The highest BCUT2D eigenvalue weighted by Crippen LogP contribution is 2.48. The van der Waals surface area contributed by atoms with E-state index < -0.39 is 23.0 Å². The van der Waals surface area contributed by atoms with Crippen LogP contribution in [0.2, 0.25) is 10.0 Å². The molecule has 0 saturated carbocycles. The highest BCUT2D eigenvalue weighted by Gasteiger charge is 2.53. The number of halogens is 2. The summed E-state index contributed by atoms with van der Waals surface area (Å²) in [5.41, 5.74) is 1.51. The zero-order valence-corrected chi connectivity index (χ0v) is 27.1. The number of hydrogen-bond acceptors (Lipinski definition) is 4. The first-order chi connectivity index (χ1) is 23.1. The van der Waals surface area contributed by atoms with Crippen LogP contribution in [0, 0.1) is 0 Å². The molecule has 2 aromatic heterocycles. The molecular weight excluding hydrogens is 647 g/mol. The van der Waals surface area contributed by atoms with Crippen molar-refractivity contribution in [3.63, 3.8) is 0 Å². The van der Waals surface area contributed by atoms with Gasteiger partial charge in [-0.1, -0.05) is 71.8 Å². The van der Waals surface area contributed by atoms with E-state index in [0.29, 0.717) is 56.8 Å². The lowest BCUT2D eigenvalue weighted by molar-refractivity contribution is -0.132. The number of para-hydroxylation sites is 2. The van der Waals surface area contributed by atoms with Crippen molar-refractivity contribution >= 4 is 68.2 Å². The summed E-state index contributed by atoms with van der Waals surface area (Å²) in [5, 5.41) is 25.5. The molecule has 0 fully saturated rings. The van der Waals surface area contributed by atoms with E-state index in [0.717, 1.165) is 21.8 Å². The van der Waals surface area contributed by atoms with Crippen LogP contribution in [-0.4, -0.2) is 45.1 Å². The molecule has 6 aromatic rings. The van der Waals surface area contributed by atoms with Crippen LogP contribution in [0.4, 0.5) is 11.4 Å². The second-order valence-electron chi connectivity index (χ2n) is 11.6. The van der Waals surface area contributed by atoms with Crippen LogP contribution >= 0.6 is 23.2 Å². The minimum Gasteiger partial charge on any atom is -0.372 e. The highest BCUT2D eigenvalue weighted by molar-refractivity contribution is 6.31. The van der Waals surface area contributed by atoms with E-state index in [-0.39, 0.29) is 0 Å². The fourth-order valence-corrected chi connectivity index (χ4v) is 7.13. The van der Waals surface area contributed by atoms with Gasteiger partial charge in [0, 0.05) is 79.6 Å². The Hall–Kier alpha value is -5.12. The molecule has 2 aliphatic heterocycles. The maximum Gasteiger partial charge on any atom is 0.268 e. The van der Waals surface area contributed by atoms with Crippen LogP contribution in [0.5, 0.6) is 0 Å². The summed E-state index contributed by atoms with van der Waals surface area (Å²) in [5.74, 6) is -0.797. The number of aliphatic hydroxyl groups is 2. The Morgan fingerprint density at radius 1 is 0.625 bits per heavy atom. The van der Waals surface area contributed by atoms with E-state index in [2.05, 4.69) is 23.1 Å². The Kier molecular flexibility index (Phi) is 7.77. The third-order valence-corrected chi connectivity index (χ3v) is 9.44. The number of nitrogens with zero attached hydrogens (tertiary/aromatic N) is 2. The summed E-state index contributed by atoms with van der Waals surface area (Å²) in [7, 11) is 0. The predicted molar refractivity (Wildman–Crippen MR) is 191 cm³/mol. The van der Waals surface area contributed by atoms with E-state index in [1.165, 1.54) is 9.80 Å². The van der Waals surface area contributed by atoms with Crippen LogP contribution in [0.3, 0.4) is 0 Å². The molecule has 2 aliphatic rings. The van der Waals surface area contributed by atoms with Crippen molar-refractivity contribution in [1.29, 1.82) is 0 Å². The number of hydrogen-bond donors (Lipinski definition) is 4. The van der Waals surface area contributed by atoms with Gasteiger partial charge in [0.25, 0.3) is 11.8 Å². The van der Waals surface area contributed by atoms with Crippen molar-refractivity contribution in [3.8, 4) is 0 Å². The van der Waals surface area contributed by atoms with E-state index in [4.69, 9.17) is 23.2 Å². The minimum atomic E-state index is -1.77. The SMILES string of the molecule is C=CCN1C(=O)[C@@](O)(c2c[nH]c3ccccc23)c2cc(Cl)ccc21.C=CCN1C(=O)[C@](O)(c2c[nH]c3ccccc23)c2cc(Cl)ccc21. The van der Waals surface area contributed by atoms with E-state index in [1.807, 2.05) is 48.5 Å². The summed E-state index contributed by atoms with van der Waals surface area (Å²) >= 11 is 12.3. The summed E-state index contributed by atoms with van der Waals surface area (Å²) in [6, 6.07) is 25.4. The maximum absolute atomic E-state index is 13.1. The largest absolute Gasteiger partial charge is 0.372 e. The molecule has 10 heteroatoms. The molecule has 0 saturated heterocycles. The third kappa shape index (κ3) is 4.60. The van der Waals surface area contributed by atoms with Gasteiger partial charge in [0.15, 0.2) is 11.2 Å². The molecule has 2 atom stereocenters. The topological polar surface area (TPSA) is 113 Å². The Bertz CT molecular complexity index is 2120. The average Bonchev–Trinajstić information content (AvgIpc) is 3.82. The summed E-state index contributed by atoms with van der Waals surface area (Å²) < 4.78 is 0. The number of rotatable bonds is 6. The van der Waals surface area contributed by atoms with Crippen LogP contribution in [-0.2, 0) is 20.8 Å². The Labute approximate surface area is 286 Å². The molecular formula is C38H30Cl2N4O4. The number of nitrogens with one attached hydrogen (secondary N) is 2. The molecule has 0 aliphatic carbocycles. The van der Waals surface area contributed by atoms with Crippen molar-refractivity contribution in [2.75, 3.05) is 22.9 Å². The zero-order chi connectivity index (χ0) is 33.8. The molecule has 2 amide bonds. The normalized spacial score (nSPS) is 19.8. The van der Waals surface area contributed by atoms with E-state index in [9.17, 15) is 19.8 Å².